The molecule has 20 heavy (non-hydrogen) atoms. The zero-order valence-corrected chi connectivity index (χ0v) is 12.2. The Morgan fingerprint density at radius 3 is 3.00 bits per heavy atom. The molecule has 3 aliphatic rings. The average Bonchev–Trinajstić information content (AvgIpc) is 2.92. The SMILES string of the molecule is Cc1nsc(NC(=O)NC[C@H]2C[C@H]3C=C[C@H]2C32CC2)n1. The molecule has 2 saturated carbocycles. The monoisotopic (exact) mass is 290 g/mol. The van der Waals surface area contributed by atoms with Crippen LogP contribution in [0.5, 0.6) is 0 Å². The summed E-state index contributed by atoms with van der Waals surface area (Å²) in [6.07, 6.45) is 8.78. The minimum Gasteiger partial charge on any atom is -0.338 e. The highest BCUT2D eigenvalue weighted by atomic mass is 32.1. The molecule has 0 aromatic carbocycles. The number of allylic oxidation sites excluding steroid dienone is 2. The molecule has 2 fully saturated rings. The molecule has 1 aromatic rings. The first-order valence-corrected chi connectivity index (χ1v) is 7.98. The lowest BCUT2D eigenvalue weighted by Gasteiger charge is -2.20. The number of nitrogens with one attached hydrogen (secondary N) is 2. The number of anilines is 1. The molecule has 5 nitrogen and oxygen atoms in total. The van der Waals surface area contributed by atoms with E-state index in [1.807, 2.05) is 6.92 Å². The average molecular weight is 290 g/mol. The predicted octanol–water partition coefficient (Wildman–Crippen LogP) is 2.57. The maximum absolute atomic E-state index is 11.9. The first kappa shape index (κ1) is 12.3. The van der Waals surface area contributed by atoms with E-state index in [0.29, 0.717) is 28.2 Å². The number of amides is 2. The molecule has 0 radical (unpaired) electrons. The molecule has 1 heterocycles. The molecule has 3 aliphatic carbocycles. The second kappa shape index (κ2) is 4.28. The Kier molecular flexibility index (Phi) is 2.64. The van der Waals surface area contributed by atoms with Crippen molar-refractivity contribution in [2.45, 2.75) is 26.2 Å². The first-order valence-electron chi connectivity index (χ1n) is 7.21. The fourth-order valence-corrected chi connectivity index (χ4v) is 4.64. The van der Waals surface area contributed by atoms with E-state index in [9.17, 15) is 4.79 Å². The molecule has 0 aliphatic heterocycles. The third-order valence-electron chi connectivity index (χ3n) is 5.12. The van der Waals surface area contributed by atoms with Crippen LogP contribution in [0.2, 0.25) is 0 Å². The quantitative estimate of drug-likeness (QED) is 0.841. The third-order valence-corrected chi connectivity index (χ3v) is 5.84. The van der Waals surface area contributed by atoms with E-state index in [0.717, 1.165) is 12.5 Å². The van der Waals surface area contributed by atoms with Crippen LogP contribution in [0.4, 0.5) is 9.93 Å². The highest BCUT2D eigenvalue weighted by molar-refractivity contribution is 7.09. The molecule has 6 heteroatoms. The Hall–Kier alpha value is -1.43. The van der Waals surface area contributed by atoms with Gasteiger partial charge >= 0.3 is 6.03 Å². The van der Waals surface area contributed by atoms with Gasteiger partial charge in [0.15, 0.2) is 0 Å². The molecular weight excluding hydrogens is 272 g/mol. The molecule has 0 unspecified atom stereocenters. The Balaban J connectivity index is 1.31. The summed E-state index contributed by atoms with van der Waals surface area (Å²) >= 11 is 1.21. The van der Waals surface area contributed by atoms with Crippen LogP contribution >= 0.6 is 11.5 Å². The molecule has 3 atom stereocenters. The van der Waals surface area contributed by atoms with Crippen molar-refractivity contribution >= 4 is 22.7 Å². The zero-order chi connectivity index (χ0) is 13.7. The molecule has 2 N–H and O–H groups in total. The lowest BCUT2D eigenvalue weighted by atomic mass is 9.89. The molecule has 2 amide bonds. The van der Waals surface area contributed by atoms with E-state index in [4.69, 9.17) is 0 Å². The Morgan fingerprint density at radius 2 is 2.35 bits per heavy atom. The summed E-state index contributed by atoms with van der Waals surface area (Å²) in [5.41, 5.74) is 0.596. The summed E-state index contributed by atoms with van der Waals surface area (Å²) in [6.45, 7) is 2.58. The summed E-state index contributed by atoms with van der Waals surface area (Å²) in [5, 5.41) is 6.29. The molecule has 0 saturated heterocycles. The summed E-state index contributed by atoms with van der Waals surface area (Å²) < 4.78 is 4.04. The van der Waals surface area contributed by atoms with Gasteiger partial charge in [-0.2, -0.15) is 4.37 Å². The van der Waals surface area contributed by atoms with E-state index < -0.39 is 0 Å². The maximum atomic E-state index is 11.9. The van der Waals surface area contributed by atoms with E-state index in [-0.39, 0.29) is 6.03 Å². The topological polar surface area (TPSA) is 66.9 Å². The number of aromatic nitrogens is 2. The number of rotatable bonds is 3. The first-order chi connectivity index (χ1) is 9.67. The van der Waals surface area contributed by atoms with Gasteiger partial charge in [0, 0.05) is 18.1 Å². The lowest BCUT2D eigenvalue weighted by molar-refractivity contribution is 0.248. The smallest absolute Gasteiger partial charge is 0.321 e. The van der Waals surface area contributed by atoms with E-state index in [1.165, 1.54) is 30.8 Å². The van der Waals surface area contributed by atoms with Crippen LogP contribution in [0.1, 0.15) is 25.1 Å². The van der Waals surface area contributed by atoms with Crippen LogP contribution in [-0.2, 0) is 0 Å². The van der Waals surface area contributed by atoms with Crippen molar-refractivity contribution in [1.82, 2.24) is 14.7 Å². The standard InChI is InChI=1S/C14H18N4OS/c1-8-16-13(20-18-8)17-12(19)15-7-9-6-10-2-3-11(9)14(10)4-5-14/h2-3,9-11H,4-7H2,1H3,(H2,15,16,17,18,19)/t9-,10-,11-/m1/s1. The summed E-state index contributed by atoms with van der Waals surface area (Å²) in [6, 6.07) is -0.169. The van der Waals surface area contributed by atoms with E-state index in [2.05, 4.69) is 32.1 Å². The summed E-state index contributed by atoms with van der Waals surface area (Å²) in [5.74, 6) is 2.76. The number of carbonyl (C=O) groups is 1. The highest BCUT2D eigenvalue weighted by Gasteiger charge is 2.62. The maximum Gasteiger partial charge on any atom is 0.321 e. The number of nitrogens with zero attached hydrogens (tertiary/aromatic N) is 2. The van der Waals surface area contributed by atoms with Crippen LogP contribution in [0, 0.1) is 30.1 Å². The van der Waals surface area contributed by atoms with Gasteiger partial charge in [-0.3, -0.25) is 5.32 Å². The number of hydrogen-bond acceptors (Lipinski definition) is 4. The van der Waals surface area contributed by atoms with Crippen molar-refractivity contribution in [3.05, 3.63) is 18.0 Å². The Labute approximate surface area is 122 Å². The van der Waals surface area contributed by atoms with Gasteiger partial charge in [0.25, 0.3) is 0 Å². The molecule has 4 rings (SSSR count). The third kappa shape index (κ3) is 1.85. The van der Waals surface area contributed by atoms with Gasteiger partial charge in [-0.05, 0) is 49.4 Å². The van der Waals surface area contributed by atoms with Crippen LogP contribution < -0.4 is 10.6 Å². The molecular formula is C14H18N4OS. The molecule has 2 bridgehead atoms. The summed E-state index contributed by atoms with van der Waals surface area (Å²) in [4.78, 5) is 16.0. The molecule has 1 aromatic heterocycles. The molecule has 1 spiro atoms. The van der Waals surface area contributed by atoms with Crippen molar-refractivity contribution in [3.8, 4) is 0 Å². The predicted molar refractivity (Wildman–Crippen MR) is 77.6 cm³/mol. The van der Waals surface area contributed by atoms with Crippen molar-refractivity contribution < 1.29 is 4.79 Å². The van der Waals surface area contributed by atoms with Crippen molar-refractivity contribution in [1.29, 1.82) is 0 Å². The minimum atomic E-state index is -0.169. The summed E-state index contributed by atoms with van der Waals surface area (Å²) in [7, 11) is 0. The fourth-order valence-electron chi connectivity index (χ4n) is 4.07. The number of hydrogen-bond donors (Lipinski definition) is 2. The molecule has 106 valence electrons. The minimum absolute atomic E-state index is 0.169. The Morgan fingerprint density at radius 1 is 1.50 bits per heavy atom. The van der Waals surface area contributed by atoms with Crippen LogP contribution in [0.3, 0.4) is 0 Å². The lowest BCUT2D eigenvalue weighted by Crippen LogP contribution is -2.34. The number of aryl methyl sites for hydroxylation is 1. The fraction of sp³-hybridized carbons (Fsp3) is 0.643. The zero-order valence-electron chi connectivity index (χ0n) is 11.4. The largest absolute Gasteiger partial charge is 0.338 e. The Bertz CT molecular complexity index is 577. The van der Waals surface area contributed by atoms with E-state index in [1.54, 1.807) is 0 Å². The van der Waals surface area contributed by atoms with Gasteiger partial charge < -0.3 is 5.32 Å². The van der Waals surface area contributed by atoms with Gasteiger partial charge in [-0.15, -0.1) is 0 Å². The van der Waals surface area contributed by atoms with Crippen LogP contribution in [-0.4, -0.2) is 21.9 Å². The highest BCUT2D eigenvalue weighted by Crippen LogP contribution is 2.69. The van der Waals surface area contributed by atoms with Gasteiger partial charge in [-0.1, -0.05) is 12.2 Å². The van der Waals surface area contributed by atoms with Gasteiger partial charge in [0.1, 0.15) is 5.82 Å². The number of urea groups is 1. The van der Waals surface area contributed by atoms with Crippen LogP contribution in [0.15, 0.2) is 12.2 Å². The van der Waals surface area contributed by atoms with Crippen LogP contribution in [0.25, 0.3) is 0 Å². The van der Waals surface area contributed by atoms with E-state index >= 15 is 0 Å². The normalized spacial score (nSPS) is 31.8. The second-order valence-corrected chi connectivity index (χ2v) is 6.98. The second-order valence-electron chi connectivity index (χ2n) is 6.23. The van der Waals surface area contributed by atoms with Gasteiger partial charge in [-0.25, -0.2) is 9.78 Å². The van der Waals surface area contributed by atoms with Crippen molar-refractivity contribution in [3.63, 3.8) is 0 Å². The van der Waals surface area contributed by atoms with Crippen molar-refractivity contribution in [2.75, 3.05) is 11.9 Å². The van der Waals surface area contributed by atoms with Crippen molar-refractivity contribution in [2.24, 2.45) is 23.2 Å². The number of carbonyl (C=O) groups excluding carboxylic acids is 1. The van der Waals surface area contributed by atoms with Gasteiger partial charge in [0.2, 0.25) is 5.13 Å². The van der Waals surface area contributed by atoms with Gasteiger partial charge in [0.05, 0.1) is 0 Å².